The Labute approximate surface area is 153 Å². The van der Waals surface area contributed by atoms with E-state index >= 15 is 0 Å². The molecule has 1 aromatic rings. The van der Waals surface area contributed by atoms with Gasteiger partial charge in [0.15, 0.2) is 17.6 Å². The van der Waals surface area contributed by atoms with E-state index in [-0.39, 0.29) is 12.1 Å². The van der Waals surface area contributed by atoms with Gasteiger partial charge in [-0.1, -0.05) is 0 Å². The normalized spacial score (nSPS) is 14.7. The lowest BCUT2D eigenvalue weighted by molar-refractivity contribution is -0.136. The van der Waals surface area contributed by atoms with Crippen LogP contribution in [-0.2, 0) is 9.53 Å². The highest BCUT2D eigenvalue weighted by atomic mass is 79.9. The molecule has 25 heavy (non-hydrogen) atoms. The maximum Gasteiger partial charge on any atom is 0.339 e. The molecular weight excluding hydrogens is 396 g/mol. The molecule has 9 heteroatoms. The van der Waals surface area contributed by atoms with Crippen LogP contribution in [0.25, 0.3) is 0 Å². The topological polar surface area (TPSA) is 94.2 Å². The third kappa shape index (κ3) is 4.22. The molecule has 1 N–H and O–H groups in total. The largest absolute Gasteiger partial charge is 0.492 e. The van der Waals surface area contributed by atoms with Crippen molar-refractivity contribution in [3.8, 4) is 11.5 Å². The summed E-state index contributed by atoms with van der Waals surface area (Å²) in [5.41, 5.74) is 0.196. The molecule has 3 amide bonds. The van der Waals surface area contributed by atoms with Gasteiger partial charge in [-0.05, 0) is 41.9 Å². The average molecular weight is 415 g/mol. The van der Waals surface area contributed by atoms with Crippen molar-refractivity contribution in [2.45, 2.75) is 20.0 Å². The lowest BCUT2D eigenvalue weighted by Gasteiger charge is -2.18. The number of carbonyl (C=O) groups is 3. The zero-order chi connectivity index (χ0) is 18.6. The number of esters is 1. The van der Waals surface area contributed by atoms with Crippen molar-refractivity contribution >= 4 is 33.8 Å². The molecule has 0 spiro atoms. The fourth-order valence-corrected chi connectivity index (χ4v) is 2.93. The predicted octanol–water partition coefficient (Wildman–Crippen LogP) is 1.95. The van der Waals surface area contributed by atoms with Crippen LogP contribution >= 0.6 is 15.9 Å². The molecule has 8 nitrogen and oxygen atoms in total. The molecule has 2 rings (SSSR count). The number of urea groups is 1. The summed E-state index contributed by atoms with van der Waals surface area (Å²) in [6, 6.07) is 2.51. The minimum Gasteiger partial charge on any atom is -0.492 e. The molecule has 0 unspecified atom stereocenters. The zero-order valence-electron chi connectivity index (χ0n) is 14.1. The highest BCUT2D eigenvalue weighted by Crippen LogP contribution is 2.36. The highest BCUT2D eigenvalue weighted by molar-refractivity contribution is 9.10. The molecule has 0 radical (unpaired) electrons. The van der Waals surface area contributed by atoms with Gasteiger partial charge in [0, 0.05) is 13.1 Å². The Hall–Kier alpha value is -2.29. The summed E-state index contributed by atoms with van der Waals surface area (Å²) in [6.07, 6.45) is -1.09. The molecule has 0 aromatic heterocycles. The first-order chi connectivity index (χ1) is 11.9. The Morgan fingerprint density at radius 3 is 2.68 bits per heavy atom. The van der Waals surface area contributed by atoms with Crippen LogP contribution in [0.15, 0.2) is 16.6 Å². The summed E-state index contributed by atoms with van der Waals surface area (Å²) in [4.78, 5) is 37.1. The monoisotopic (exact) mass is 414 g/mol. The number of nitrogens with zero attached hydrogens (tertiary/aromatic N) is 1. The van der Waals surface area contributed by atoms with Gasteiger partial charge >= 0.3 is 12.0 Å². The first kappa shape index (κ1) is 19.0. The van der Waals surface area contributed by atoms with Gasteiger partial charge in [-0.3, -0.25) is 9.69 Å². The fourth-order valence-electron chi connectivity index (χ4n) is 2.33. The van der Waals surface area contributed by atoms with Crippen LogP contribution in [-0.4, -0.2) is 55.7 Å². The fraction of sp³-hybridized carbons (Fsp3) is 0.438. The summed E-state index contributed by atoms with van der Waals surface area (Å²) in [5.74, 6) is -0.439. The number of hydrogen-bond acceptors (Lipinski definition) is 6. The number of rotatable bonds is 6. The Morgan fingerprint density at radius 2 is 2.12 bits per heavy atom. The number of amides is 3. The molecule has 1 fully saturated rings. The first-order valence-electron chi connectivity index (χ1n) is 7.69. The van der Waals surface area contributed by atoms with Crippen LogP contribution in [0.3, 0.4) is 0 Å². The third-order valence-corrected chi connectivity index (χ3v) is 4.09. The van der Waals surface area contributed by atoms with Crippen molar-refractivity contribution in [2.24, 2.45) is 0 Å². The van der Waals surface area contributed by atoms with Crippen LogP contribution < -0.4 is 14.8 Å². The number of nitrogens with one attached hydrogen (secondary N) is 1. The Bertz CT molecular complexity index is 693. The molecule has 136 valence electrons. The number of benzene rings is 1. The van der Waals surface area contributed by atoms with Crippen LogP contribution in [0.5, 0.6) is 11.5 Å². The second-order valence-electron chi connectivity index (χ2n) is 5.19. The van der Waals surface area contributed by atoms with Gasteiger partial charge in [0.05, 0.1) is 23.8 Å². The Morgan fingerprint density at radius 1 is 1.40 bits per heavy atom. The lowest BCUT2D eigenvalue weighted by atomic mass is 10.2. The van der Waals surface area contributed by atoms with E-state index in [1.54, 1.807) is 6.92 Å². The summed E-state index contributed by atoms with van der Waals surface area (Å²) in [5, 5.41) is 2.52. The average Bonchev–Trinajstić information content (AvgIpc) is 3.00. The Balaban J connectivity index is 2.14. The molecule has 1 aliphatic heterocycles. The third-order valence-electron chi connectivity index (χ3n) is 3.50. The van der Waals surface area contributed by atoms with E-state index in [0.29, 0.717) is 29.1 Å². The van der Waals surface area contributed by atoms with E-state index in [1.807, 2.05) is 0 Å². The maximum atomic E-state index is 12.4. The lowest BCUT2D eigenvalue weighted by Crippen LogP contribution is -2.41. The second kappa shape index (κ2) is 8.19. The van der Waals surface area contributed by atoms with E-state index in [2.05, 4.69) is 21.2 Å². The van der Waals surface area contributed by atoms with Gasteiger partial charge < -0.3 is 19.5 Å². The van der Waals surface area contributed by atoms with Crippen molar-refractivity contribution in [3.05, 3.63) is 22.2 Å². The summed E-state index contributed by atoms with van der Waals surface area (Å²) >= 11 is 3.31. The van der Waals surface area contributed by atoms with Crippen molar-refractivity contribution in [2.75, 3.05) is 26.8 Å². The van der Waals surface area contributed by atoms with Gasteiger partial charge in [0.25, 0.3) is 5.91 Å². The van der Waals surface area contributed by atoms with Crippen LogP contribution in [0.1, 0.15) is 24.2 Å². The minimum atomic E-state index is -1.09. The summed E-state index contributed by atoms with van der Waals surface area (Å²) in [6.45, 7) is 4.25. The number of methoxy groups -OCH3 is 1. The molecule has 1 heterocycles. The number of halogens is 1. The van der Waals surface area contributed by atoms with Gasteiger partial charge in [0.1, 0.15) is 0 Å². The van der Waals surface area contributed by atoms with Crippen molar-refractivity contribution in [1.82, 2.24) is 10.2 Å². The molecule has 1 aromatic carbocycles. The van der Waals surface area contributed by atoms with Crippen molar-refractivity contribution < 1.29 is 28.6 Å². The smallest absolute Gasteiger partial charge is 0.339 e. The molecule has 0 bridgehead atoms. The first-order valence-corrected chi connectivity index (χ1v) is 8.48. The van der Waals surface area contributed by atoms with Crippen molar-refractivity contribution in [3.63, 3.8) is 0 Å². The van der Waals surface area contributed by atoms with Crippen LogP contribution in [0, 0.1) is 0 Å². The van der Waals surface area contributed by atoms with E-state index in [0.717, 1.165) is 4.90 Å². The van der Waals surface area contributed by atoms with E-state index in [4.69, 9.17) is 14.2 Å². The van der Waals surface area contributed by atoms with Crippen LogP contribution in [0.4, 0.5) is 4.79 Å². The van der Waals surface area contributed by atoms with Gasteiger partial charge in [-0.15, -0.1) is 0 Å². The van der Waals surface area contributed by atoms with Gasteiger partial charge in [0.2, 0.25) is 0 Å². The number of carbonyl (C=O) groups excluding carboxylic acids is 3. The minimum absolute atomic E-state index is 0.196. The SMILES string of the molecule is CCOc1cc(C(=O)O[C@H](C)C(=O)N2CCNC2=O)cc(Br)c1OC. The van der Waals surface area contributed by atoms with Gasteiger partial charge in [-0.2, -0.15) is 0 Å². The molecule has 1 aliphatic rings. The molecule has 0 aliphatic carbocycles. The van der Waals surface area contributed by atoms with E-state index in [1.165, 1.54) is 26.2 Å². The molecule has 1 saturated heterocycles. The van der Waals surface area contributed by atoms with E-state index in [9.17, 15) is 14.4 Å². The number of hydrogen-bond donors (Lipinski definition) is 1. The summed E-state index contributed by atoms with van der Waals surface area (Å²) in [7, 11) is 1.49. The quantitative estimate of drug-likeness (QED) is 0.714. The zero-order valence-corrected chi connectivity index (χ0v) is 15.7. The maximum absolute atomic E-state index is 12.4. The van der Waals surface area contributed by atoms with Crippen molar-refractivity contribution in [1.29, 1.82) is 0 Å². The number of ether oxygens (including phenoxy) is 3. The predicted molar refractivity (Wildman–Crippen MR) is 91.9 cm³/mol. The van der Waals surface area contributed by atoms with Crippen LogP contribution in [0.2, 0.25) is 0 Å². The van der Waals surface area contributed by atoms with Gasteiger partial charge in [-0.25, -0.2) is 9.59 Å². The van der Waals surface area contributed by atoms with E-state index < -0.39 is 24.0 Å². The molecule has 0 saturated carbocycles. The number of imide groups is 1. The standard InChI is InChI=1S/C16H19BrN2O6/c1-4-24-12-8-10(7-11(17)13(12)23-3)15(21)25-9(2)14(20)19-6-5-18-16(19)22/h7-9H,4-6H2,1-3H3,(H,18,22)/t9-/m1/s1. The molecular formula is C16H19BrN2O6. The summed E-state index contributed by atoms with van der Waals surface area (Å²) < 4.78 is 16.4. The highest BCUT2D eigenvalue weighted by Gasteiger charge is 2.32. The Kier molecular flexibility index (Phi) is 6.24. The second-order valence-corrected chi connectivity index (χ2v) is 6.05. The molecule has 1 atom stereocenters.